The van der Waals surface area contributed by atoms with Crippen molar-refractivity contribution in [2.45, 2.75) is 57.8 Å². The number of hydrogen-bond donors (Lipinski definition) is 1. The van der Waals surface area contributed by atoms with Gasteiger partial charge in [0.1, 0.15) is 11.6 Å². The molecule has 1 aliphatic carbocycles. The predicted molar refractivity (Wildman–Crippen MR) is 92.1 cm³/mol. The van der Waals surface area contributed by atoms with Gasteiger partial charge in [0.2, 0.25) is 10.0 Å². The van der Waals surface area contributed by atoms with Crippen LogP contribution < -0.4 is 14.9 Å². The molecular formula is C15H23BN2O5S. The highest BCUT2D eigenvalue weighted by Crippen LogP contribution is 2.37. The summed E-state index contributed by atoms with van der Waals surface area (Å²) in [5.41, 5.74) is -0.282. The fraction of sp³-hybridized carbons (Fsp3) is 0.667. The van der Waals surface area contributed by atoms with Gasteiger partial charge in [-0.3, -0.25) is 4.72 Å². The molecule has 3 rings (SSSR count). The van der Waals surface area contributed by atoms with Gasteiger partial charge in [-0.05, 0) is 40.5 Å². The Bertz CT molecular complexity index is 730. The number of nitrogens with zero attached hydrogens (tertiary/aromatic N) is 1. The van der Waals surface area contributed by atoms with Crippen molar-refractivity contribution in [3.05, 3.63) is 12.3 Å². The van der Waals surface area contributed by atoms with Gasteiger partial charge in [0.15, 0.2) is 0 Å². The van der Waals surface area contributed by atoms with Gasteiger partial charge in [-0.25, -0.2) is 13.4 Å². The summed E-state index contributed by atoms with van der Waals surface area (Å²) < 4.78 is 43.2. The molecule has 1 aromatic heterocycles. The smallest absolute Gasteiger partial charge is 0.491 e. The second-order valence-electron chi connectivity index (χ2n) is 7.39. The van der Waals surface area contributed by atoms with Crippen molar-refractivity contribution in [2.75, 3.05) is 11.0 Å². The molecule has 0 amide bonds. The fourth-order valence-electron chi connectivity index (χ4n) is 2.31. The average Bonchev–Trinajstić information content (AvgIpc) is 3.15. The van der Waals surface area contributed by atoms with E-state index in [0.717, 1.165) is 19.1 Å². The second kappa shape index (κ2) is 5.61. The van der Waals surface area contributed by atoms with Gasteiger partial charge in [0.25, 0.3) is 0 Å². The Morgan fingerprint density at radius 3 is 2.33 bits per heavy atom. The number of hydrogen-bond acceptors (Lipinski definition) is 6. The first kappa shape index (κ1) is 17.5. The van der Waals surface area contributed by atoms with Crippen molar-refractivity contribution in [1.29, 1.82) is 0 Å². The Morgan fingerprint density at radius 1 is 1.25 bits per heavy atom. The lowest BCUT2D eigenvalue weighted by Crippen LogP contribution is -2.41. The maximum atomic E-state index is 11.4. The molecule has 1 aromatic rings. The first-order valence-corrected chi connectivity index (χ1v) is 9.86. The Kier molecular flexibility index (Phi) is 4.09. The van der Waals surface area contributed by atoms with Gasteiger partial charge in [-0.15, -0.1) is 0 Å². The van der Waals surface area contributed by atoms with Crippen molar-refractivity contribution in [1.82, 2.24) is 4.98 Å². The highest BCUT2D eigenvalue weighted by molar-refractivity contribution is 7.92. The van der Waals surface area contributed by atoms with Gasteiger partial charge >= 0.3 is 7.12 Å². The number of ether oxygens (including phenoxy) is 1. The van der Waals surface area contributed by atoms with Crippen LogP contribution in [0, 0.1) is 0 Å². The van der Waals surface area contributed by atoms with Crippen LogP contribution in [-0.2, 0) is 19.3 Å². The molecule has 1 N–H and O–H groups in total. The summed E-state index contributed by atoms with van der Waals surface area (Å²) in [5, 5.41) is 0. The van der Waals surface area contributed by atoms with Gasteiger partial charge in [0.05, 0.1) is 23.6 Å². The minimum atomic E-state index is -3.41. The van der Waals surface area contributed by atoms with Crippen molar-refractivity contribution < 1.29 is 22.5 Å². The molecule has 0 atom stereocenters. The largest absolute Gasteiger partial charge is 0.500 e. The van der Waals surface area contributed by atoms with E-state index >= 15 is 0 Å². The summed E-state index contributed by atoms with van der Waals surface area (Å²) in [4.78, 5) is 4.16. The molecule has 132 valence electrons. The zero-order valence-electron chi connectivity index (χ0n) is 14.6. The summed E-state index contributed by atoms with van der Waals surface area (Å²) in [6.07, 6.45) is 4.76. The third kappa shape index (κ3) is 3.68. The third-order valence-corrected chi connectivity index (χ3v) is 5.09. The molecule has 24 heavy (non-hydrogen) atoms. The van der Waals surface area contributed by atoms with Gasteiger partial charge in [-0.2, -0.15) is 0 Å². The first-order valence-electron chi connectivity index (χ1n) is 7.97. The number of rotatable bonds is 5. The highest BCUT2D eigenvalue weighted by atomic mass is 32.2. The molecule has 2 aliphatic rings. The van der Waals surface area contributed by atoms with Crippen LogP contribution in [0.2, 0.25) is 0 Å². The first-order chi connectivity index (χ1) is 11.0. The molecular weight excluding hydrogens is 331 g/mol. The van der Waals surface area contributed by atoms with E-state index in [0.29, 0.717) is 11.2 Å². The maximum absolute atomic E-state index is 11.4. The molecule has 1 aliphatic heterocycles. The van der Waals surface area contributed by atoms with Crippen molar-refractivity contribution >= 4 is 28.4 Å². The average molecular weight is 354 g/mol. The normalized spacial score (nSPS) is 22.5. The molecule has 7 nitrogen and oxygen atoms in total. The van der Waals surface area contributed by atoms with E-state index in [2.05, 4.69) is 9.71 Å². The summed E-state index contributed by atoms with van der Waals surface area (Å²) >= 11 is 0. The summed E-state index contributed by atoms with van der Waals surface area (Å²) in [5.74, 6) is 0.755. The van der Waals surface area contributed by atoms with Crippen molar-refractivity contribution in [2.24, 2.45) is 0 Å². The van der Waals surface area contributed by atoms with Crippen molar-refractivity contribution in [3.63, 3.8) is 0 Å². The van der Waals surface area contributed by atoms with E-state index in [4.69, 9.17) is 14.0 Å². The van der Waals surface area contributed by atoms with Gasteiger partial charge < -0.3 is 14.0 Å². The molecule has 0 spiro atoms. The minimum Gasteiger partial charge on any atom is -0.491 e. The fourth-order valence-corrected chi connectivity index (χ4v) is 2.80. The molecule has 0 bridgehead atoms. The Labute approximate surface area is 143 Å². The monoisotopic (exact) mass is 354 g/mol. The van der Waals surface area contributed by atoms with E-state index in [1.54, 1.807) is 12.3 Å². The zero-order valence-corrected chi connectivity index (χ0v) is 15.4. The number of nitrogens with one attached hydrogen (secondary N) is 1. The van der Waals surface area contributed by atoms with E-state index in [-0.39, 0.29) is 11.9 Å². The third-order valence-electron chi connectivity index (χ3n) is 4.51. The standard InChI is InChI=1S/C15H23BN2O5S/c1-14(2)15(3,4)23-16(22-14)11-9-17-13(18-24(5,19)20)8-12(11)21-10-6-7-10/h8-10H,6-7H2,1-5H3,(H,17,18). The second-order valence-corrected chi connectivity index (χ2v) is 9.14. The molecule has 1 saturated carbocycles. The molecule has 0 aromatic carbocycles. The lowest BCUT2D eigenvalue weighted by molar-refractivity contribution is 0.00578. The van der Waals surface area contributed by atoms with Crippen LogP contribution >= 0.6 is 0 Å². The van der Waals surface area contributed by atoms with Gasteiger partial charge in [0, 0.05) is 17.7 Å². The van der Waals surface area contributed by atoms with Crippen LogP contribution in [0.4, 0.5) is 5.82 Å². The summed E-state index contributed by atoms with van der Waals surface area (Å²) in [6, 6.07) is 1.58. The lowest BCUT2D eigenvalue weighted by atomic mass is 9.79. The molecule has 2 heterocycles. The van der Waals surface area contributed by atoms with Crippen LogP contribution in [0.1, 0.15) is 40.5 Å². The predicted octanol–water partition coefficient (Wildman–Crippen LogP) is 1.29. The van der Waals surface area contributed by atoms with Crippen molar-refractivity contribution in [3.8, 4) is 5.75 Å². The topological polar surface area (TPSA) is 86.8 Å². The SMILES string of the molecule is CC1(C)OB(c2cnc(NS(C)(=O)=O)cc2OC2CC2)OC1(C)C. The molecule has 0 radical (unpaired) electrons. The van der Waals surface area contributed by atoms with Gasteiger partial charge in [-0.1, -0.05) is 0 Å². The van der Waals surface area contributed by atoms with Crippen LogP contribution in [0.5, 0.6) is 5.75 Å². The van der Waals surface area contributed by atoms with E-state index in [1.807, 2.05) is 27.7 Å². The minimum absolute atomic E-state index is 0.152. The van der Waals surface area contributed by atoms with E-state index in [1.165, 1.54) is 0 Å². The lowest BCUT2D eigenvalue weighted by Gasteiger charge is -2.32. The zero-order chi connectivity index (χ0) is 17.8. The molecule has 2 fully saturated rings. The Hall–Kier alpha value is -1.32. The Morgan fingerprint density at radius 2 is 1.83 bits per heavy atom. The Balaban J connectivity index is 1.92. The quantitative estimate of drug-likeness (QED) is 0.802. The summed E-state index contributed by atoms with van der Waals surface area (Å²) in [7, 11) is -4.01. The maximum Gasteiger partial charge on any atom is 0.500 e. The number of sulfonamides is 1. The van der Waals surface area contributed by atoms with Crippen LogP contribution in [0.15, 0.2) is 12.3 Å². The summed E-state index contributed by atoms with van der Waals surface area (Å²) in [6.45, 7) is 7.89. The molecule has 9 heteroatoms. The number of anilines is 1. The van der Waals surface area contributed by atoms with Crippen LogP contribution in [-0.4, -0.2) is 44.1 Å². The van der Waals surface area contributed by atoms with Crippen LogP contribution in [0.3, 0.4) is 0 Å². The molecule has 1 saturated heterocycles. The number of aromatic nitrogens is 1. The highest BCUT2D eigenvalue weighted by Gasteiger charge is 2.52. The number of pyridine rings is 1. The molecule has 0 unspecified atom stereocenters. The van der Waals surface area contributed by atoms with E-state index in [9.17, 15) is 8.42 Å². The van der Waals surface area contributed by atoms with Crippen LogP contribution in [0.25, 0.3) is 0 Å². The van der Waals surface area contributed by atoms with E-state index < -0.39 is 28.3 Å².